The lowest BCUT2D eigenvalue weighted by molar-refractivity contribution is -0.131. The number of hydrogen-bond donors (Lipinski definition) is 1. The topological polar surface area (TPSA) is 37.3 Å². The molecule has 0 spiro atoms. The molecule has 0 amide bonds. The molecule has 0 heterocycles. The summed E-state index contributed by atoms with van der Waals surface area (Å²) >= 11 is 0. The fourth-order valence-electron chi connectivity index (χ4n) is 4.70. The van der Waals surface area contributed by atoms with Crippen molar-refractivity contribution < 1.29 is 9.90 Å². The molecular formula is C15H24O2. The van der Waals surface area contributed by atoms with Crippen LogP contribution in [0.2, 0.25) is 0 Å². The van der Waals surface area contributed by atoms with Gasteiger partial charge in [0.2, 0.25) is 0 Å². The molecule has 4 fully saturated rings. The average Bonchev–Trinajstić information content (AvgIpc) is 2.29. The third kappa shape index (κ3) is 2.72. The molecule has 0 saturated heterocycles. The molecule has 0 unspecified atom stereocenters. The largest absolute Gasteiger partial charge is 0.478 e. The molecule has 0 aliphatic heterocycles. The standard InChI is InChI=1S/C12H20.C3H4O2/c1-2-12-10-4-8-3-9(6-10)7-11(12)5-8;1-2-3(4)5/h8-12H,2-7H2,1H3;2H,1H2,(H,4,5). The van der Waals surface area contributed by atoms with Gasteiger partial charge in [0.15, 0.2) is 0 Å². The van der Waals surface area contributed by atoms with Crippen molar-refractivity contribution in [2.45, 2.75) is 45.4 Å². The second kappa shape index (κ2) is 5.24. The number of rotatable bonds is 2. The summed E-state index contributed by atoms with van der Waals surface area (Å²) < 4.78 is 0. The molecule has 4 rings (SSSR count). The molecule has 2 nitrogen and oxygen atoms in total. The number of aliphatic carboxylic acids is 1. The summed E-state index contributed by atoms with van der Waals surface area (Å²) in [7, 11) is 0. The minimum atomic E-state index is -0.981. The molecular weight excluding hydrogens is 212 g/mol. The molecule has 4 bridgehead atoms. The maximum atomic E-state index is 9.25. The smallest absolute Gasteiger partial charge is 0.327 e. The van der Waals surface area contributed by atoms with Gasteiger partial charge in [-0.15, -0.1) is 0 Å². The summed E-state index contributed by atoms with van der Waals surface area (Å²) in [6, 6.07) is 0. The normalized spacial score (nSPS) is 41.6. The molecule has 96 valence electrons. The SMILES string of the molecule is C=CC(=O)O.CCC1C2CC3CC(C2)CC1C3. The van der Waals surface area contributed by atoms with Gasteiger partial charge in [-0.05, 0) is 61.7 Å². The van der Waals surface area contributed by atoms with Crippen molar-refractivity contribution in [3.63, 3.8) is 0 Å². The lowest BCUT2D eigenvalue weighted by Crippen LogP contribution is -2.44. The van der Waals surface area contributed by atoms with Gasteiger partial charge < -0.3 is 5.11 Å². The van der Waals surface area contributed by atoms with Crippen LogP contribution in [0.15, 0.2) is 12.7 Å². The first kappa shape index (κ1) is 12.7. The molecule has 0 aromatic carbocycles. The van der Waals surface area contributed by atoms with Gasteiger partial charge in [-0.1, -0.05) is 19.9 Å². The highest BCUT2D eigenvalue weighted by molar-refractivity contribution is 5.78. The summed E-state index contributed by atoms with van der Waals surface area (Å²) in [6.45, 7) is 5.37. The van der Waals surface area contributed by atoms with Gasteiger partial charge in [0, 0.05) is 6.08 Å². The lowest BCUT2D eigenvalue weighted by atomic mass is 9.51. The van der Waals surface area contributed by atoms with Crippen molar-refractivity contribution in [1.82, 2.24) is 0 Å². The number of carbonyl (C=O) groups is 1. The highest BCUT2D eigenvalue weighted by Crippen LogP contribution is 2.57. The van der Waals surface area contributed by atoms with E-state index in [0.717, 1.165) is 35.7 Å². The number of carboxylic acid groups (broad SMARTS) is 1. The monoisotopic (exact) mass is 236 g/mol. The second-order valence-electron chi connectivity index (χ2n) is 6.05. The summed E-state index contributed by atoms with van der Waals surface area (Å²) in [5, 5.41) is 7.60. The first-order valence-corrected chi connectivity index (χ1v) is 6.99. The molecule has 4 aliphatic rings. The molecule has 0 aromatic rings. The van der Waals surface area contributed by atoms with Crippen LogP contribution in [0, 0.1) is 29.6 Å². The van der Waals surface area contributed by atoms with Crippen LogP contribution in [0.4, 0.5) is 0 Å². The molecule has 17 heavy (non-hydrogen) atoms. The first-order chi connectivity index (χ1) is 8.13. The van der Waals surface area contributed by atoms with Crippen LogP contribution >= 0.6 is 0 Å². The summed E-state index contributed by atoms with van der Waals surface area (Å²) in [5.41, 5.74) is 0. The lowest BCUT2D eigenvalue weighted by Gasteiger charge is -2.54. The van der Waals surface area contributed by atoms with E-state index in [1.807, 2.05) is 0 Å². The maximum Gasteiger partial charge on any atom is 0.327 e. The number of carboxylic acids is 1. The molecule has 0 atom stereocenters. The fourth-order valence-corrected chi connectivity index (χ4v) is 4.70. The predicted molar refractivity (Wildman–Crippen MR) is 68.7 cm³/mol. The zero-order valence-corrected chi connectivity index (χ0v) is 10.8. The van der Waals surface area contributed by atoms with E-state index in [-0.39, 0.29) is 0 Å². The van der Waals surface area contributed by atoms with Gasteiger partial charge in [-0.25, -0.2) is 4.79 Å². The molecule has 0 aromatic heterocycles. The van der Waals surface area contributed by atoms with Gasteiger partial charge >= 0.3 is 5.97 Å². The van der Waals surface area contributed by atoms with Crippen LogP contribution in [0.3, 0.4) is 0 Å². The Kier molecular flexibility index (Phi) is 3.90. The molecule has 4 saturated carbocycles. The Morgan fingerprint density at radius 1 is 1.18 bits per heavy atom. The summed E-state index contributed by atoms with van der Waals surface area (Å²) in [5.74, 6) is 4.80. The van der Waals surface area contributed by atoms with Crippen LogP contribution in [0.1, 0.15) is 45.4 Å². The van der Waals surface area contributed by atoms with Gasteiger partial charge in [0.05, 0.1) is 0 Å². The van der Waals surface area contributed by atoms with E-state index in [9.17, 15) is 4.79 Å². The van der Waals surface area contributed by atoms with Gasteiger partial charge in [0.1, 0.15) is 0 Å². The van der Waals surface area contributed by atoms with Crippen molar-refractivity contribution >= 4 is 5.97 Å². The Balaban J connectivity index is 0.000000188. The summed E-state index contributed by atoms with van der Waals surface area (Å²) in [6.07, 6.45) is 10.3. The first-order valence-electron chi connectivity index (χ1n) is 6.99. The molecule has 2 heteroatoms. The van der Waals surface area contributed by atoms with E-state index < -0.39 is 5.97 Å². The average molecular weight is 236 g/mol. The Morgan fingerprint density at radius 3 is 1.88 bits per heavy atom. The molecule has 1 N–H and O–H groups in total. The van der Waals surface area contributed by atoms with E-state index in [0.29, 0.717) is 0 Å². The molecule has 4 aliphatic carbocycles. The van der Waals surface area contributed by atoms with Crippen LogP contribution < -0.4 is 0 Å². The van der Waals surface area contributed by atoms with E-state index in [4.69, 9.17) is 5.11 Å². The highest BCUT2D eigenvalue weighted by Gasteiger charge is 2.47. The van der Waals surface area contributed by atoms with Gasteiger partial charge in [0.25, 0.3) is 0 Å². The van der Waals surface area contributed by atoms with Crippen molar-refractivity contribution in [1.29, 1.82) is 0 Å². The van der Waals surface area contributed by atoms with Gasteiger partial charge in [-0.3, -0.25) is 0 Å². The Morgan fingerprint density at radius 2 is 1.59 bits per heavy atom. The van der Waals surface area contributed by atoms with Crippen molar-refractivity contribution in [2.24, 2.45) is 29.6 Å². The Labute approximate surface area is 104 Å². The van der Waals surface area contributed by atoms with Crippen LogP contribution in [-0.4, -0.2) is 11.1 Å². The van der Waals surface area contributed by atoms with Crippen molar-refractivity contribution in [3.05, 3.63) is 12.7 Å². The minimum absolute atomic E-state index is 0.833. The quantitative estimate of drug-likeness (QED) is 0.742. The maximum absolute atomic E-state index is 9.25. The Bertz CT molecular complexity index is 267. The third-order valence-corrected chi connectivity index (χ3v) is 5.07. The number of hydrogen-bond acceptors (Lipinski definition) is 1. The summed E-state index contributed by atoms with van der Waals surface area (Å²) in [4.78, 5) is 9.25. The molecule has 0 radical (unpaired) electrons. The zero-order valence-electron chi connectivity index (χ0n) is 10.8. The fraction of sp³-hybridized carbons (Fsp3) is 0.800. The van der Waals surface area contributed by atoms with E-state index in [2.05, 4.69) is 13.5 Å². The third-order valence-electron chi connectivity index (χ3n) is 5.07. The zero-order chi connectivity index (χ0) is 12.4. The van der Waals surface area contributed by atoms with E-state index in [1.165, 1.54) is 6.42 Å². The van der Waals surface area contributed by atoms with Crippen molar-refractivity contribution in [2.75, 3.05) is 0 Å². The van der Waals surface area contributed by atoms with Crippen LogP contribution in [-0.2, 0) is 4.79 Å². The van der Waals surface area contributed by atoms with Crippen LogP contribution in [0.5, 0.6) is 0 Å². The minimum Gasteiger partial charge on any atom is -0.478 e. The highest BCUT2D eigenvalue weighted by atomic mass is 16.4. The predicted octanol–water partition coefficient (Wildman–Crippen LogP) is 3.73. The van der Waals surface area contributed by atoms with E-state index in [1.54, 1.807) is 32.1 Å². The second-order valence-corrected chi connectivity index (χ2v) is 6.05. The van der Waals surface area contributed by atoms with Gasteiger partial charge in [-0.2, -0.15) is 0 Å². The van der Waals surface area contributed by atoms with Crippen molar-refractivity contribution in [3.8, 4) is 0 Å². The Hall–Kier alpha value is -0.790. The van der Waals surface area contributed by atoms with Crippen LogP contribution in [0.25, 0.3) is 0 Å². The van der Waals surface area contributed by atoms with E-state index >= 15 is 0 Å².